The van der Waals surface area contributed by atoms with Crippen LogP contribution in [0.1, 0.15) is 38.2 Å². The van der Waals surface area contributed by atoms with Crippen LogP contribution >= 0.6 is 0 Å². The summed E-state index contributed by atoms with van der Waals surface area (Å²) in [4.78, 5) is 14.3. The molecule has 5 heteroatoms. The Kier molecular flexibility index (Phi) is 7.36. The number of rotatable bonds is 7. The van der Waals surface area contributed by atoms with Crippen LogP contribution in [-0.2, 0) is 11.3 Å². The molecule has 128 valence electrons. The minimum atomic E-state index is -0.356. The van der Waals surface area contributed by atoms with Gasteiger partial charge in [-0.05, 0) is 24.9 Å². The van der Waals surface area contributed by atoms with E-state index in [4.69, 9.17) is 4.74 Å². The van der Waals surface area contributed by atoms with Crippen molar-refractivity contribution in [3.8, 4) is 0 Å². The first-order valence-electron chi connectivity index (χ1n) is 8.56. The first-order valence-corrected chi connectivity index (χ1v) is 8.56. The van der Waals surface area contributed by atoms with Crippen molar-refractivity contribution in [3.05, 3.63) is 35.9 Å². The summed E-state index contributed by atoms with van der Waals surface area (Å²) in [5.74, 6) is 0. The van der Waals surface area contributed by atoms with E-state index in [2.05, 4.69) is 17.1 Å². The highest BCUT2D eigenvalue weighted by Gasteiger charge is 2.30. The zero-order chi connectivity index (χ0) is 16.5. The summed E-state index contributed by atoms with van der Waals surface area (Å²) in [5, 5.41) is 12.3. The molecule has 1 aromatic carbocycles. The maximum Gasteiger partial charge on any atom is 0.407 e. The summed E-state index contributed by atoms with van der Waals surface area (Å²) in [6.45, 7) is 4.06. The van der Waals surface area contributed by atoms with Crippen LogP contribution in [0, 0.1) is 0 Å². The van der Waals surface area contributed by atoms with Crippen LogP contribution in [0.25, 0.3) is 0 Å². The molecular weight excluding hydrogens is 292 g/mol. The Hall–Kier alpha value is -1.59. The molecule has 0 spiro atoms. The molecular formula is C18H28N2O3. The summed E-state index contributed by atoms with van der Waals surface area (Å²) < 4.78 is 5.33. The lowest BCUT2D eigenvalue weighted by atomic mass is 9.89. The summed E-state index contributed by atoms with van der Waals surface area (Å²) >= 11 is 0. The number of ether oxygens (including phenoxy) is 1. The van der Waals surface area contributed by atoms with Crippen molar-refractivity contribution < 1.29 is 14.6 Å². The lowest BCUT2D eigenvalue weighted by molar-refractivity contribution is 0.0905. The van der Waals surface area contributed by atoms with Gasteiger partial charge in [-0.1, -0.05) is 50.1 Å². The molecule has 2 rings (SSSR count). The molecule has 1 aliphatic rings. The molecule has 1 aliphatic carbocycles. The van der Waals surface area contributed by atoms with Gasteiger partial charge in [0.05, 0.1) is 6.61 Å². The molecule has 2 N–H and O–H groups in total. The van der Waals surface area contributed by atoms with E-state index < -0.39 is 0 Å². The van der Waals surface area contributed by atoms with Gasteiger partial charge in [-0.3, -0.25) is 4.90 Å². The van der Waals surface area contributed by atoms with Crippen molar-refractivity contribution in [1.29, 1.82) is 0 Å². The van der Waals surface area contributed by atoms with Gasteiger partial charge in [0.1, 0.15) is 6.61 Å². The quantitative estimate of drug-likeness (QED) is 0.810. The van der Waals surface area contributed by atoms with E-state index in [1.165, 1.54) is 6.42 Å². The number of hydrogen-bond acceptors (Lipinski definition) is 4. The van der Waals surface area contributed by atoms with Crippen LogP contribution in [0.2, 0.25) is 0 Å². The van der Waals surface area contributed by atoms with Gasteiger partial charge in [0.25, 0.3) is 0 Å². The number of amides is 1. The van der Waals surface area contributed by atoms with Crippen LogP contribution in [0.15, 0.2) is 30.3 Å². The molecule has 1 saturated carbocycles. The number of benzene rings is 1. The van der Waals surface area contributed by atoms with Crippen molar-refractivity contribution in [1.82, 2.24) is 10.2 Å². The third kappa shape index (κ3) is 5.52. The van der Waals surface area contributed by atoms with Crippen molar-refractivity contribution >= 4 is 6.09 Å². The molecule has 0 aliphatic heterocycles. The highest BCUT2D eigenvalue weighted by molar-refractivity contribution is 5.67. The summed E-state index contributed by atoms with van der Waals surface area (Å²) in [6, 6.07) is 10.1. The molecule has 0 bridgehead atoms. The van der Waals surface area contributed by atoms with E-state index in [1.807, 2.05) is 30.3 Å². The lowest BCUT2D eigenvalue weighted by Gasteiger charge is -2.39. The molecule has 1 aromatic rings. The Morgan fingerprint density at radius 1 is 1.30 bits per heavy atom. The highest BCUT2D eigenvalue weighted by atomic mass is 16.5. The second-order valence-electron chi connectivity index (χ2n) is 6.02. The Labute approximate surface area is 138 Å². The van der Waals surface area contributed by atoms with Gasteiger partial charge in [0, 0.05) is 18.6 Å². The van der Waals surface area contributed by atoms with E-state index in [0.717, 1.165) is 31.4 Å². The van der Waals surface area contributed by atoms with Gasteiger partial charge < -0.3 is 15.2 Å². The SMILES string of the molecule is CCN(CCO)[C@@H]1CCCC[C@@H]1NC(=O)OCc1ccccc1. The molecule has 0 aromatic heterocycles. The number of carbonyl (C=O) groups excluding carboxylic acids is 1. The van der Waals surface area contributed by atoms with E-state index in [9.17, 15) is 9.90 Å². The van der Waals surface area contributed by atoms with Gasteiger partial charge in [0.15, 0.2) is 0 Å². The Morgan fingerprint density at radius 2 is 2.04 bits per heavy atom. The fraction of sp³-hybridized carbons (Fsp3) is 0.611. The third-order valence-corrected chi connectivity index (χ3v) is 4.51. The van der Waals surface area contributed by atoms with Crippen LogP contribution < -0.4 is 5.32 Å². The maximum atomic E-state index is 12.1. The topological polar surface area (TPSA) is 61.8 Å². The minimum Gasteiger partial charge on any atom is -0.445 e. The van der Waals surface area contributed by atoms with Crippen molar-refractivity contribution in [3.63, 3.8) is 0 Å². The Morgan fingerprint density at radius 3 is 2.74 bits per heavy atom. The standard InChI is InChI=1S/C18H28N2O3/c1-2-20(12-13-21)17-11-7-6-10-16(17)19-18(22)23-14-15-8-4-3-5-9-15/h3-5,8-9,16-17,21H,2,6-7,10-14H2,1H3,(H,19,22)/t16-,17+/m0/s1. The monoisotopic (exact) mass is 320 g/mol. The fourth-order valence-corrected chi connectivity index (χ4v) is 3.32. The second kappa shape index (κ2) is 9.53. The predicted molar refractivity (Wildman–Crippen MR) is 90.1 cm³/mol. The number of hydrogen-bond donors (Lipinski definition) is 2. The normalized spacial score (nSPS) is 21.2. The average molecular weight is 320 g/mol. The zero-order valence-corrected chi connectivity index (χ0v) is 13.9. The lowest BCUT2D eigenvalue weighted by Crippen LogP contribution is -2.54. The number of aliphatic hydroxyl groups is 1. The van der Waals surface area contributed by atoms with Gasteiger partial charge in [0.2, 0.25) is 0 Å². The first-order chi connectivity index (χ1) is 11.2. The van der Waals surface area contributed by atoms with Crippen LogP contribution in [0.5, 0.6) is 0 Å². The van der Waals surface area contributed by atoms with E-state index >= 15 is 0 Å². The van der Waals surface area contributed by atoms with Crippen molar-refractivity contribution in [2.45, 2.75) is 51.3 Å². The number of likely N-dealkylation sites (N-methyl/N-ethyl adjacent to an activating group) is 1. The number of carbonyl (C=O) groups is 1. The van der Waals surface area contributed by atoms with Gasteiger partial charge in [-0.15, -0.1) is 0 Å². The van der Waals surface area contributed by atoms with Crippen LogP contribution in [0.4, 0.5) is 4.79 Å². The molecule has 5 nitrogen and oxygen atoms in total. The molecule has 1 amide bonds. The fourth-order valence-electron chi connectivity index (χ4n) is 3.32. The number of aliphatic hydroxyl groups excluding tert-OH is 1. The molecule has 0 heterocycles. The van der Waals surface area contributed by atoms with Crippen LogP contribution in [-0.4, -0.2) is 47.9 Å². The molecule has 23 heavy (non-hydrogen) atoms. The zero-order valence-electron chi connectivity index (χ0n) is 13.9. The molecule has 1 fully saturated rings. The summed E-state index contributed by atoms with van der Waals surface area (Å²) in [7, 11) is 0. The van der Waals surface area contributed by atoms with Gasteiger partial charge in [-0.25, -0.2) is 4.79 Å². The summed E-state index contributed by atoms with van der Waals surface area (Å²) in [5.41, 5.74) is 0.985. The average Bonchev–Trinajstić information content (AvgIpc) is 2.59. The summed E-state index contributed by atoms with van der Waals surface area (Å²) in [6.07, 6.45) is 3.95. The number of nitrogens with zero attached hydrogens (tertiary/aromatic N) is 1. The van der Waals surface area contributed by atoms with Gasteiger partial charge >= 0.3 is 6.09 Å². The van der Waals surface area contributed by atoms with Gasteiger partial charge in [-0.2, -0.15) is 0 Å². The Bertz CT molecular complexity index is 467. The largest absolute Gasteiger partial charge is 0.445 e. The molecule has 0 saturated heterocycles. The number of nitrogens with one attached hydrogen (secondary N) is 1. The third-order valence-electron chi connectivity index (χ3n) is 4.51. The van der Waals surface area contributed by atoms with Crippen molar-refractivity contribution in [2.75, 3.05) is 19.7 Å². The number of alkyl carbamates (subject to hydrolysis) is 1. The second-order valence-corrected chi connectivity index (χ2v) is 6.02. The predicted octanol–water partition coefficient (Wildman–Crippen LogP) is 2.54. The smallest absolute Gasteiger partial charge is 0.407 e. The van der Waals surface area contributed by atoms with Crippen molar-refractivity contribution in [2.24, 2.45) is 0 Å². The molecule has 2 atom stereocenters. The molecule has 0 unspecified atom stereocenters. The molecule has 0 radical (unpaired) electrons. The van der Waals surface area contributed by atoms with E-state index in [-0.39, 0.29) is 31.4 Å². The van der Waals surface area contributed by atoms with E-state index in [0.29, 0.717) is 6.54 Å². The van der Waals surface area contributed by atoms with Crippen LogP contribution in [0.3, 0.4) is 0 Å². The van der Waals surface area contributed by atoms with E-state index in [1.54, 1.807) is 0 Å². The Balaban J connectivity index is 1.86. The highest BCUT2D eigenvalue weighted by Crippen LogP contribution is 2.23. The minimum absolute atomic E-state index is 0.0959. The maximum absolute atomic E-state index is 12.1. The first kappa shape index (κ1) is 17.8.